The first-order chi connectivity index (χ1) is 11.1. The Kier molecular flexibility index (Phi) is 4.16. The van der Waals surface area contributed by atoms with Crippen LogP contribution in [0.5, 0.6) is 5.75 Å². The number of benzene rings is 1. The van der Waals surface area contributed by atoms with Crippen molar-refractivity contribution in [2.24, 2.45) is 0 Å². The van der Waals surface area contributed by atoms with Crippen molar-refractivity contribution in [2.45, 2.75) is 13.8 Å². The van der Waals surface area contributed by atoms with Gasteiger partial charge in [0.25, 0.3) is 5.91 Å². The Hall–Kier alpha value is -2.60. The Labute approximate surface area is 137 Å². The summed E-state index contributed by atoms with van der Waals surface area (Å²) in [4.78, 5) is 16.7. The fourth-order valence-corrected chi connectivity index (χ4v) is 2.97. The second-order valence-electron chi connectivity index (χ2n) is 5.09. The number of rotatable bonds is 4. The first-order valence-corrected chi connectivity index (χ1v) is 7.92. The Morgan fingerprint density at radius 1 is 1.30 bits per heavy atom. The van der Waals surface area contributed by atoms with Gasteiger partial charge in [-0.2, -0.15) is 0 Å². The molecule has 0 aliphatic carbocycles. The highest BCUT2D eigenvalue weighted by Gasteiger charge is 2.15. The predicted molar refractivity (Wildman–Crippen MR) is 90.2 cm³/mol. The molecule has 1 aromatic carbocycles. The fraction of sp³-hybridized carbons (Fsp3) is 0.176. The van der Waals surface area contributed by atoms with Gasteiger partial charge < -0.3 is 9.15 Å². The van der Waals surface area contributed by atoms with E-state index in [1.807, 2.05) is 30.5 Å². The van der Waals surface area contributed by atoms with Crippen molar-refractivity contribution >= 4 is 22.4 Å². The molecule has 0 saturated heterocycles. The lowest BCUT2D eigenvalue weighted by Gasteiger charge is -2.07. The molecule has 118 valence electrons. The van der Waals surface area contributed by atoms with E-state index in [2.05, 4.69) is 10.3 Å². The van der Waals surface area contributed by atoms with Crippen LogP contribution in [0.3, 0.4) is 0 Å². The summed E-state index contributed by atoms with van der Waals surface area (Å²) < 4.78 is 10.5. The smallest absolute Gasteiger partial charge is 0.260 e. The van der Waals surface area contributed by atoms with Crippen LogP contribution in [0.15, 0.2) is 40.3 Å². The summed E-state index contributed by atoms with van der Waals surface area (Å²) in [7, 11) is 1.63. The normalized spacial score (nSPS) is 10.6. The van der Waals surface area contributed by atoms with Crippen LogP contribution in [0.4, 0.5) is 5.13 Å². The number of thiazole rings is 1. The standard InChI is InChI=1S/C17H16N2O3S/c1-10-4-5-15(21-3)13(8-10)14-9-23-17(18-14)19-16(20)12-6-7-22-11(12)2/h4-9H,1-3H3,(H,18,19,20). The molecule has 0 aliphatic rings. The molecule has 0 aliphatic heterocycles. The zero-order valence-electron chi connectivity index (χ0n) is 13.0. The van der Waals surface area contributed by atoms with Gasteiger partial charge in [-0.25, -0.2) is 4.98 Å². The van der Waals surface area contributed by atoms with Crippen molar-refractivity contribution in [1.29, 1.82) is 0 Å². The summed E-state index contributed by atoms with van der Waals surface area (Å²) in [6.45, 7) is 3.76. The van der Waals surface area contributed by atoms with Gasteiger partial charge in [-0.05, 0) is 32.0 Å². The van der Waals surface area contributed by atoms with Gasteiger partial charge in [0.2, 0.25) is 0 Å². The second kappa shape index (κ2) is 6.26. The van der Waals surface area contributed by atoms with Crippen LogP contribution in [0.25, 0.3) is 11.3 Å². The number of hydrogen-bond donors (Lipinski definition) is 1. The van der Waals surface area contributed by atoms with Crippen LogP contribution < -0.4 is 10.1 Å². The SMILES string of the molecule is COc1ccc(C)cc1-c1csc(NC(=O)c2ccoc2C)n1. The number of carbonyl (C=O) groups excluding carboxylic acids is 1. The molecule has 0 bridgehead atoms. The van der Waals surface area contributed by atoms with Crippen LogP contribution >= 0.6 is 11.3 Å². The maximum Gasteiger partial charge on any atom is 0.260 e. The predicted octanol–water partition coefficient (Wildman–Crippen LogP) is 4.28. The molecule has 0 unspecified atom stereocenters. The highest BCUT2D eigenvalue weighted by atomic mass is 32.1. The van der Waals surface area contributed by atoms with Gasteiger partial charge in [0.05, 0.1) is 24.6 Å². The van der Waals surface area contributed by atoms with Gasteiger partial charge in [-0.3, -0.25) is 10.1 Å². The molecule has 3 rings (SSSR count). The lowest BCUT2D eigenvalue weighted by atomic mass is 10.1. The van der Waals surface area contributed by atoms with Crippen LogP contribution in [0.2, 0.25) is 0 Å². The van der Waals surface area contributed by atoms with Gasteiger partial charge in [-0.15, -0.1) is 11.3 Å². The van der Waals surface area contributed by atoms with Crippen LogP contribution in [0, 0.1) is 13.8 Å². The Bertz CT molecular complexity index is 851. The first-order valence-electron chi connectivity index (χ1n) is 7.04. The minimum absolute atomic E-state index is 0.228. The molecule has 0 radical (unpaired) electrons. The number of amides is 1. The highest BCUT2D eigenvalue weighted by Crippen LogP contribution is 2.33. The van der Waals surface area contributed by atoms with E-state index >= 15 is 0 Å². The highest BCUT2D eigenvalue weighted by molar-refractivity contribution is 7.14. The first kappa shape index (κ1) is 15.3. The topological polar surface area (TPSA) is 64.4 Å². The van der Waals surface area contributed by atoms with Crippen LogP contribution in [-0.2, 0) is 0 Å². The number of hydrogen-bond acceptors (Lipinski definition) is 5. The van der Waals surface area contributed by atoms with Crippen molar-refractivity contribution < 1.29 is 13.9 Å². The lowest BCUT2D eigenvalue weighted by Crippen LogP contribution is -2.11. The molecule has 3 aromatic rings. The summed E-state index contributed by atoms with van der Waals surface area (Å²) in [6.07, 6.45) is 1.50. The molecule has 0 saturated carbocycles. The number of methoxy groups -OCH3 is 1. The number of nitrogens with zero attached hydrogens (tertiary/aromatic N) is 1. The number of carbonyl (C=O) groups is 1. The maximum atomic E-state index is 12.2. The second-order valence-corrected chi connectivity index (χ2v) is 5.94. The number of ether oxygens (including phenoxy) is 1. The van der Waals surface area contributed by atoms with E-state index < -0.39 is 0 Å². The van der Waals surface area contributed by atoms with Crippen molar-refractivity contribution in [3.8, 4) is 17.0 Å². The Morgan fingerprint density at radius 2 is 2.13 bits per heavy atom. The number of furan rings is 1. The maximum absolute atomic E-state index is 12.2. The van der Waals surface area contributed by atoms with E-state index in [0.29, 0.717) is 16.5 Å². The largest absolute Gasteiger partial charge is 0.496 e. The van der Waals surface area contributed by atoms with Crippen molar-refractivity contribution in [3.63, 3.8) is 0 Å². The average molecular weight is 328 g/mol. The molecule has 23 heavy (non-hydrogen) atoms. The number of anilines is 1. The third kappa shape index (κ3) is 3.12. The summed E-state index contributed by atoms with van der Waals surface area (Å²) >= 11 is 1.37. The molecule has 2 aromatic heterocycles. The van der Waals surface area contributed by atoms with E-state index in [-0.39, 0.29) is 5.91 Å². The molecule has 6 heteroatoms. The zero-order valence-corrected chi connectivity index (χ0v) is 13.9. The van der Waals surface area contributed by atoms with E-state index in [9.17, 15) is 4.79 Å². The van der Waals surface area contributed by atoms with Gasteiger partial charge in [0.15, 0.2) is 5.13 Å². The summed E-state index contributed by atoms with van der Waals surface area (Å²) in [5.74, 6) is 1.11. The molecule has 1 N–H and O–H groups in total. The quantitative estimate of drug-likeness (QED) is 0.776. The molecular weight excluding hydrogens is 312 g/mol. The number of aryl methyl sites for hydroxylation is 2. The Balaban J connectivity index is 1.85. The van der Waals surface area contributed by atoms with E-state index in [1.165, 1.54) is 17.6 Å². The molecular formula is C17H16N2O3S. The van der Waals surface area contributed by atoms with Gasteiger partial charge >= 0.3 is 0 Å². The molecule has 2 heterocycles. The Morgan fingerprint density at radius 3 is 2.83 bits per heavy atom. The van der Waals surface area contributed by atoms with Crippen molar-refractivity contribution in [1.82, 2.24) is 4.98 Å². The van der Waals surface area contributed by atoms with Crippen LogP contribution in [0.1, 0.15) is 21.7 Å². The summed E-state index contributed by atoms with van der Waals surface area (Å²) in [5.41, 5.74) is 3.31. The molecule has 5 nitrogen and oxygen atoms in total. The van der Waals surface area contributed by atoms with Gasteiger partial charge in [0.1, 0.15) is 11.5 Å². The summed E-state index contributed by atoms with van der Waals surface area (Å²) in [5, 5.41) is 5.23. The van der Waals surface area contributed by atoms with E-state index in [4.69, 9.17) is 9.15 Å². The van der Waals surface area contributed by atoms with Crippen LogP contribution in [-0.4, -0.2) is 18.0 Å². The lowest BCUT2D eigenvalue weighted by molar-refractivity contribution is 0.102. The molecule has 1 amide bonds. The van der Waals surface area contributed by atoms with Crippen molar-refractivity contribution in [3.05, 3.63) is 52.8 Å². The van der Waals surface area contributed by atoms with Gasteiger partial charge in [-0.1, -0.05) is 11.6 Å². The average Bonchev–Trinajstić information content (AvgIpc) is 3.16. The summed E-state index contributed by atoms with van der Waals surface area (Å²) in [6, 6.07) is 7.55. The fourth-order valence-electron chi connectivity index (χ4n) is 2.26. The van der Waals surface area contributed by atoms with Gasteiger partial charge in [0, 0.05) is 10.9 Å². The van der Waals surface area contributed by atoms with Crippen molar-refractivity contribution in [2.75, 3.05) is 12.4 Å². The molecule has 0 spiro atoms. The monoisotopic (exact) mass is 328 g/mol. The van der Waals surface area contributed by atoms with E-state index in [1.54, 1.807) is 20.1 Å². The number of nitrogens with one attached hydrogen (secondary N) is 1. The molecule has 0 atom stereocenters. The number of aromatic nitrogens is 1. The third-order valence-corrected chi connectivity index (χ3v) is 4.22. The zero-order chi connectivity index (χ0) is 16.4. The minimum Gasteiger partial charge on any atom is -0.496 e. The van der Waals surface area contributed by atoms with E-state index in [0.717, 1.165) is 22.6 Å². The molecule has 0 fully saturated rings. The minimum atomic E-state index is -0.228. The third-order valence-electron chi connectivity index (χ3n) is 3.46.